The van der Waals surface area contributed by atoms with E-state index >= 15 is 0 Å². The summed E-state index contributed by atoms with van der Waals surface area (Å²) in [5, 5.41) is 9.84. The number of Topliss-reactive ketones (excluding diaryl/α,β-unsaturated/α-hetero) is 1. The van der Waals surface area contributed by atoms with Gasteiger partial charge in [-0.3, -0.25) is 28.8 Å². The van der Waals surface area contributed by atoms with Crippen LogP contribution in [0.15, 0.2) is 24.3 Å². The van der Waals surface area contributed by atoms with E-state index in [1.54, 1.807) is 29.2 Å². The maximum atomic E-state index is 13.8. The Morgan fingerprint density at radius 1 is 1.02 bits per heavy atom. The van der Waals surface area contributed by atoms with E-state index in [1.165, 1.54) is 6.92 Å². The topological polar surface area (TPSA) is 184 Å². The Balaban J connectivity index is 1.31. The summed E-state index contributed by atoms with van der Waals surface area (Å²) in [6, 6.07) is 4.53. The third-order valence-electron chi connectivity index (χ3n) is 9.70. The Morgan fingerprint density at radius 3 is 2.40 bits per heavy atom. The van der Waals surface area contributed by atoms with Gasteiger partial charge >= 0.3 is 0 Å². The van der Waals surface area contributed by atoms with Crippen molar-refractivity contribution in [1.29, 1.82) is 0 Å². The van der Waals surface area contributed by atoms with Crippen LogP contribution in [0.1, 0.15) is 81.6 Å². The zero-order valence-corrected chi connectivity index (χ0v) is 26.2. The summed E-state index contributed by atoms with van der Waals surface area (Å²) >= 11 is 6.10. The molecule has 1 aliphatic carbocycles. The number of fused-ring (bicyclic) bond motifs is 1. The van der Waals surface area contributed by atoms with E-state index in [0.717, 1.165) is 37.5 Å². The number of rotatable bonds is 10. The molecule has 2 aromatic rings. The smallest absolute Gasteiger partial charge is 0.287 e. The molecular weight excluding hydrogens is 600 g/mol. The molecule has 1 spiro atoms. The number of nitrogens with one attached hydrogen (secondary N) is 4. The van der Waals surface area contributed by atoms with Crippen LogP contribution in [0.4, 0.5) is 0 Å². The molecule has 1 aromatic carbocycles. The summed E-state index contributed by atoms with van der Waals surface area (Å²) in [7, 11) is 0. The molecule has 1 aromatic heterocycles. The molecule has 3 fully saturated rings. The van der Waals surface area contributed by atoms with E-state index < -0.39 is 47.0 Å². The fraction of sp³-hybridized carbons (Fsp3) is 0.562. The standard InChI is InChI=1S/C32H41ClN6O6/c1-18(40)39-11-9-32(10-12-39)17-21(29(43)38-32)16-24(27(41)28(34)42)36-30(44)25(13-19-5-3-2-4-6-19)37-31(45)26-15-20-14-22(33)7-8-23(20)35-26/h7-8,14-15,19,21,24-25,35H,2-6,9-13,16-17H2,1H3,(H2,34,42)(H,36,44)(H,37,45)(H,38,43)/t21?,24?,25-/m0/s1. The van der Waals surface area contributed by atoms with Crippen molar-refractivity contribution < 1.29 is 28.8 Å². The number of likely N-dealkylation sites (tertiary alicyclic amines) is 1. The van der Waals surface area contributed by atoms with Crippen LogP contribution in [-0.2, 0) is 24.0 Å². The van der Waals surface area contributed by atoms with Gasteiger partial charge in [-0.2, -0.15) is 0 Å². The summed E-state index contributed by atoms with van der Waals surface area (Å²) in [6.07, 6.45) is 6.82. The van der Waals surface area contributed by atoms with E-state index in [4.69, 9.17) is 17.3 Å². The van der Waals surface area contributed by atoms with E-state index in [-0.39, 0.29) is 29.8 Å². The number of piperidine rings is 1. The molecule has 0 bridgehead atoms. The summed E-state index contributed by atoms with van der Waals surface area (Å²) in [6.45, 7) is 2.53. The third-order valence-corrected chi connectivity index (χ3v) is 9.94. The minimum absolute atomic E-state index is 0.0237. The number of amides is 5. The number of hydrogen-bond acceptors (Lipinski definition) is 6. The first-order valence-corrected chi connectivity index (χ1v) is 16.1. The number of carbonyl (C=O) groups is 6. The fourth-order valence-corrected chi connectivity index (χ4v) is 7.34. The largest absolute Gasteiger partial charge is 0.363 e. The van der Waals surface area contributed by atoms with Gasteiger partial charge in [-0.25, -0.2) is 0 Å². The lowest BCUT2D eigenvalue weighted by Gasteiger charge is -2.39. The van der Waals surface area contributed by atoms with Gasteiger partial charge in [0, 0.05) is 47.4 Å². The Morgan fingerprint density at radius 2 is 1.73 bits per heavy atom. The number of benzene rings is 1. The number of aromatic nitrogens is 1. The quantitative estimate of drug-likeness (QED) is 0.248. The number of aromatic amines is 1. The molecule has 13 heteroatoms. The molecule has 12 nitrogen and oxygen atoms in total. The SMILES string of the molecule is CC(=O)N1CCC2(CC1)CC(CC(NC(=O)[C@H](CC1CCCCC1)NC(=O)c1cc3cc(Cl)ccc3[nH]1)C(=O)C(N)=O)C(=O)N2. The molecular formula is C32H41ClN6O6. The highest BCUT2D eigenvalue weighted by Gasteiger charge is 2.47. The minimum Gasteiger partial charge on any atom is -0.363 e. The lowest BCUT2D eigenvalue weighted by atomic mass is 9.81. The predicted molar refractivity (Wildman–Crippen MR) is 167 cm³/mol. The fourth-order valence-electron chi connectivity index (χ4n) is 7.16. The molecule has 5 rings (SSSR count). The number of H-pyrrole nitrogens is 1. The van der Waals surface area contributed by atoms with Gasteiger partial charge in [0.05, 0.1) is 6.04 Å². The molecule has 2 aliphatic heterocycles. The van der Waals surface area contributed by atoms with Crippen LogP contribution in [0, 0.1) is 11.8 Å². The van der Waals surface area contributed by atoms with E-state index in [1.807, 2.05) is 0 Å². The van der Waals surface area contributed by atoms with Gasteiger partial charge in [-0.05, 0) is 62.3 Å². The highest BCUT2D eigenvalue weighted by Crippen LogP contribution is 2.36. The maximum absolute atomic E-state index is 13.8. The molecule has 3 aliphatic rings. The normalized spacial score (nSPS) is 21.2. The highest BCUT2D eigenvalue weighted by molar-refractivity contribution is 6.38. The Hall–Kier alpha value is -3.93. The maximum Gasteiger partial charge on any atom is 0.287 e. The van der Waals surface area contributed by atoms with Crippen molar-refractivity contribution in [3.63, 3.8) is 0 Å². The molecule has 1 saturated carbocycles. The van der Waals surface area contributed by atoms with Crippen molar-refractivity contribution in [2.45, 2.75) is 88.8 Å². The monoisotopic (exact) mass is 640 g/mol. The minimum atomic E-state index is -1.33. The van der Waals surface area contributed by atoms with Crippen molar-refractivity contribution in [3.8, 4) is 0 Å². The average Bonchev–Trinajstić information content (AvgIpc) is 3.56. The first-order valence-electron chi connectivity index (χ1n) is 15.7. The Labute approximate surface area is 266 Å². The summed E-state index contributed by atoms with van der Waals surface area (Å²) < 4.78 is 0. The zero-order chi connectivity index (χ0) is 32.3. The van der Waals surface area contributed by atoms with Crippen LogP contribution < -0.4 is 21.7 Å². The first kappa shape index (κ1) is 32.5. The first-order chi connectivity index (χ1) is 21.4. The van der Waals surface area contributed by atoms with Crippen LogP contribution >= 0.6 is 11.6 Å². The van der Waals surface area contributed by atoms with Crippen molar-refractivity contribution in [2.75, 3.05) is 13.1 Å². The van der Waals surface area contributed by atoms with Gasteiger partial charge in [-0.1, -0.05) is 43.7 Å². The number of carbonyl (C=O) groups excluding carboxylic acids is 6. The molecule has 6 N–H and O–H groups in total. The van der Waals surface area contributed by atoms with Crippen LogP contribution in [0.5, 0.6) is 0 Å². The molecule has 0 radical (unpaired) electrons. The molecule has 2 unspecified atom stereocenters. The van der Waals surface area contributed by atoms with E-state index in [9.17, 15) is 28.8 Å². The van der Waals surface area contributed by atoms with Gasteiger partial charge in [-0.15, -0.1) is 0 Å². The van der Waals surface area contributed by atoms with Crippen molar-refractivity contribution in [3.05, 3.63) is 35.0 Å². The summed E-state index contributed by atoms with van der Waals surface area (Å²) in [5.74, 6) is -4.07. The lowest BCUT2D eigenvalue weighted by Crippen LogP contribution is -2.54. The van der Waals surface area contributed by atoms with Gasteiger partial charge < -0.3 is 31.6 Å². The number of ketones is 1. The van der Waals surface area contributed by atoms with Crippen LogP contribution in [0.25, 0.3) is 10.9 Å². The molecule has 242 valence electrons. The molecule has 45 heavy (non-hydrogen) atoms. The molecule has 3 heterocycles. The van der Waals surface area contributed by atoms with Gasteiger partial charge in [0.2, 0.25) is 23.5 Å². The number of halogens is 1. The van der Waals surface area contributed by atoms with Crippen LogP contribution in [-0.4, -0.2) is 75.9 Å². The van der Waals surface area contributed by atoms with Crippen LogP contribution in [0.2, 0.25) is 5.02 Å². The van der Waals surface area contributed by atoms with E-state index in [0.29, 0.717) is 49.3 Å². The number of nitrogens with zero attached hydrogens (tertiary/aromatic N) is 1. The summed E-state index contributed by atoms with van der Waals surface area (Å²) in [4.78, 5) is 81.8. The van der Waals surface area contributed by atoms with Gasteiger partial charge in [0.1, 0.15) is 11.7 Å². The second-order valence-corrected chi connectivity index (χ2v) is 13.3. The van der Waals surface area contributed by atoms with Crippen molar-refractivity contribution in [1.82, 2.24) is 25.8 Å². The average molecular weight is 641 g/mol. The molecule has 2 saturated heterocycles. The van der Waals surface area contributed by atoms with Crippen molar-refractivity contribution >= 4 is 57.8 Å². The second kappa shape index (κ2) is 13.6. The number of nitrogens with two attached hydrogens (primary N) is 1. The Kier molecular flexibility index (Phi) is 9.81. The number of primary amides is 1. The van der Waals surface area contributed by atoms with E-state index in [2.05, 4.69) is 20.9 Å². The van der Waals surface area contributed by atoms with Gasteiger partial charge in [0.25, 0.3) is 11.8 Å². The van der Waals surface area contributed by atoms with Crippen molar-refractivity contribution in [2.24, 2.45) is 17.6 Å². The number of hydrogen-bond donors (Lipinski definition) is 5. The lowest BCUT2D eigenvalue weighted by molar-refractivity contribution is -0.139. The predicted octanol–water partition coefficient (Wildman–Crippen LogP) is 2.34. The third kappa shape index (κ3) is 7.66. The molecule has 3 atom stereocenters. The Bertz CT molecular complexity index is 1490. The second-order valence-electron chi connectivity index (χ2n) is 12.9. The highest BCUT2D eigenvalue weighted by atomic mass is 35.5. The zero-order valence-electron chi connectivity index (χ0n) is 25.5. The summed E-state index contributed by atoms with van der Waals surface area (Å²) in [5.41, 5.74) is 5.82. The van der Waals surface area contributed by atoms with Gasteiger partial charge in [0.15, 0.2) is 0 Å². The molecule has 5 amide bonds. The van der Waals surface area contributed by atoms with Crippen LogP contribution in [0.3, 0.4) is 0 Å².